The van der Waals surface area contributed by atoms with Gasteiger partial charge in [0, 0.05) is 18.1 Å². The van der Waals surface area contributed by atoms with Gasteiger partial charge in [0.15, 0.2) is 0 Å². The van der Waals surface area contributed by atoms with Crippen molar-refractivity contribution in [2.75, 3.05) is 26.8 Å². The lowest BCUT2D eigenvalue weighted by molar-refractivity contribution is 0.0273. The molecule has 23 heavy (non-hydrogen) atoms. The van der Waals surface area contributed by atoms with Crippen LogP contribution in [-0.2, 0) is 4.74 Å². The summed E-state index contributed by atoms with van der Waals surface area (Å²) < 4.78 is 11.5. The van der Waals surface area contributed by atoms with Crippen LogP contribution in [0.25, 0.3) is 0 Å². The Balaban J connectivity index is 1.89. The average Bonchev–Trinajstić information content (AvgIpc) is 2.61. The fourth-order valence-corrected chi connectivity index (χ4v) is 4.09. The number of thioether (sulfide) groups is 1. The fraction of sp³-hybridized carbons (Fsp3) is 0.333. The first-order valence-electron chi connectivity index (χ1n) is 7.65. The van der Waals surface area contributed by atoms with Crippen molar-refractivity contribution < 1.29 is 9.47 Å². The van der Waals surface area contributed by atoms with Gasteiger partial charge in [0.25, 0.3) is 0 Å². The maximum Gasteiger partial charge on any atom is 0.132 e. The van der Waals surface area contributed by atoms with Gasteiger partial charge in [0.2, 0.25) is 0 Å². The van der Waals surface area contributed by atoms with Crippen LogP contribution < -0.4 is 10.1 Å². The molecule has 1 aliphatic rings. The first-order valence-corrected chi connectivity index (χ1v) is 8.91. The molecule has 0 spiro atoms. The molecule has 0 aliphatic carbocycles. The van der Waals surface area contributed by atoms with Crippen molar-refractivity contribution in [2.24, 2.45) is 0 Å². The second kappa shape index (κ2) is 8.06. The molecule has 0 saturated carbocycles. The minimum Gasteiger partial charge on any atom is -0.496 e. The second-order valence-electron chi connectivity index (χ2n) is 5.35. The van der Waals surface area contributed by atoms with Crippen molar-refractivity contribution in [3.8, 4) is 5.75 Å². The van der Waals surface area contributed by atoms with Crippen molar-refractivity contribution in [3.63, 3.8) is 0 Å². The molecule has 2 atom stereocenters. The molecule has 1 aliphatic heterocycles. The number of hydrogen-bond acceptors (Lipinski definition) is 4. The molecule has 122 valence electrons. The van der Waals surface area contributed by atoms with Gasteiger partial charge in [0.05, 0.1) is 30.0 Å². The third-order valence-electron chi connectivity index (χ3n) is 3.82. The number of halogens is 1. The number of methoxy groups -OCH3 is 1. The molecule has 0 amide bonds. The van der Waals surface area contributed by atoms with E-state index in [9.17, 15) is 0 Å². The van der Waals surface area contributed by atoms with E-state index in [1.165, 1.54) is 5.56 Å². The van der Waals surface area contributed by atoms with E-state index in [4.69, 9.17) is 21.1 Å². The molecule has 2 aromatic carbocycles. The molecule has 1 fully saturated rings. The van der Waals surface area contributed by atoms with Crippen LogP contribution in [0.1, 0.15) is 10.8 Å². The summed E-state index contributed by atoms with van der Waals surface area (Å²) in [6.45, 7) is 2.49. The first-order chi connectivity index (χ1) is 11.3. The first kappa shape index (κ1) is 16.7. The molecule has 1 N–H and O–H groups in total. The van der Waals surface area contributed by atoms with Gasteiger partial charge in [-0.15, -0.1) is 11.8 Å². The molecule has 2 aromatic rings. The molecular weight excluding hydrogens is 330 g/mol. The highest BCUT2D eigenvalue weighted by molar-refractivity contribution is 7.99. The third kappa shape index (κ3) is 4.21. The molecule has 1 saturated heterocycles. The predicted octanol–water partition coefficient (Wildman–Crippen LogP) is 4.17. The van der Waals surface area contributed by atoms with Crippen molar-refractivity contribution in [1.29, 1.82) is 0 Å². The largest absolute Gasteiger partial charge is 0.496 e. The molecular formula is C18H20ClNO2S. The van der Waals surface area contributed by atoms with Crippen LogP contribution in [0.3, 0.4) is 0 Å². The fourth-order valence-electron chi connectivity index (χ4n) is 2.64. The Hall–Kier alpha value is -1.20. The van der Waals surface area contributed by atoms with Gasteiger partial charge in [0.1, 0.15) is 5.75 Å². The zero-order valence-corrected chi connectivity index (χ0v) is 14.6. The monoisotopic (exact) mass is 349 g/mol. The molecule has 3 nitrogen and oxygen atoms in total. The van der Waals surface area contributed by atoms with Crippen molar-refractivity contribution in [2.45, 2.75) is 16.2 Å². The van der Waals surface area contributed by atoms with Crippen LogP contribution >= 0.6 is 23.4 Å². The lowest BCUT2D eigenvalue weighted by Gasteiger charge is -2.31. The highest BCUT2D eigenvalue weighted by Crippen LogP contribution is 2.43. The van der Waals surface area contributed by atoms with Crippen LogP contribution in [0.15, 0.2) is 53.4 Å². The number of benzene rings is 2. The lowest BCUT2D eigenvalue weighted by Crippen LogP contribution is -2.41. The number of rotatable bonds is 5. The van der Waals surface area contributed by atoms with Crippen LogP contribution in [0.2, 0.25) is 5.02 Å². The minimum atomic E-state index is 0.111. The van der Waals surface area contributed by atoms with E-state index >= 15 is 0 Å². The minimum absolute atomic E-state index is 0.111. The van der Waals surface area contributed by atoms with Crippen LogP contribution in [0.4, 0.5) is 0 Å². The molecule has 1 heterocycles. The number of morpholine rings is 1. The highest BCUT2D eigenvalue weighted by Gasteiger charge is 2.27. The van der Waals surface area contributed by atoms with Gasteiger partial charge in [-0.05, 0) is 29.8 Å². The van der Waals surface area contributed by atoms with Crippen LogP contribution in [0.5, 0.6) is 5.75 Å². The zero-order chi connectivity index (χ0) is 16.1. The molecule has 0 radical (unpaired) electrons. The molecule has 0 aromatic heterocycles. The van der Waals surface area contributed by atoms with E-state index in [1.807, 2.05) is 30.3 Å². The van der Waals surface area contributed by atoms with E-state index in [2.05, 4.69) is 23.5 Å². The maximum absolute atomic E-state index is 6.04. The van der Waals surface area contributed by atoms with Gasteiger partial charge in [-0.2, -0.15) is 0 Å². The van der Waals surface area contributed by atoms with Crippen molar-refractivity contribution in [3.05, 3.63) is 59.1 Å². The van der Waals surface area contributed by atoms with Crippen molar-refractivity contribution in [1.82, 2.24) is 5.32 Å². The Labute approximate surface area is 146 Å². The van der Waals surface area contributed by atoms with E-state index in [1.54, 1.807) is 18.9 Å². The second-order valence-corrected chi connectivity index (χ2v) is 6.97. The predicted molar refractivity (Wildman–Crippen MR) is 95.7 cm³/mol. The summed E-state index contributed by atoms with van der Waals surface area (Å²) in [6.07, 6.45) is 0.111. The summed E-state index contributed by atoms with van der Waals surface area (Å²) in [5.41, 5.74) is 1.21. The van der Waals surface area contributed by atoms with Crippen LogP contribution in [0, 0.1) is 0 Å². The Kier molecular flexibility index (Phi) is 5.84. The van der Waals surface area contributed by atoms with Gasteiger partial charge in [-0.3, -0.25) is 0 Å². The Morgan fingerprint density at radius 2 is 2.00 bits per heavy atom. The van der Waals surface area contributed by atoms with E-state index in [-0.39, 0.29) is 11.4 Å². The van der Waals surface area contributed by atoms with Crippen LogP contribution in [-0.4, -0.2) is 32.9 Å². The smallest absolute Gasteiger partial charge is 0.132 e. The SMILES string of the molecule is COc1ccccc1S[C@H](c1ccc(Cl)cc1)C1CNCCO1. The molecule has 5 heteroatoms. The molecule has 3 rings (SSSR count). The molecule has 0 bridgehead atoms. The van der Waals surface area contributed by atoms with Gasteiger partial charge < -0.3 is 14.8 Å². The van der Waals surface area contributed by atoms with Gasteiger partial charge in [-0.1, -0.05) is 35.9 Å². The Bertz CT molecular complexity index is 629. The summed E-state index contributed by atoms with van der Waals surface area (Å²) in [5, 5.41) is 4.34. The van der Waals surface area contributed by atoms with E-state index in [0.29, 0.717) is 0 Å². The highest BCUT2D eigenvalue weighted by atomic mass is 35.5. The Morgan fingerprint density at radius 1 is 1.22 bits per heavy atom. The van der Waals surface area contributed by atoms with Gasteiger partial charge >= 0.3 is 0 Å². The van der Waals surface area contributed by atoms with E-state index < -0.39 is 0 Å². The summed E-state index contributed by atoms with van der Waals surface area (Å²) in [5.74, 6) is 0.889. The summed E-state index contributed by atoms with van der Waals surface area (Å²) in [4.78, 5) is 1.11. The number of hydrogen-bond donors (Lipinski definition) is 1. The summed E-state index contributed by atoms with van der Waals surface area (Å²) >= 11 is 7.81. The third-order valence-corrected chi connectivity index (χ3v) is 5.49. The topological polar surface area (TPSA) is 30.5 Å². The lowest BCUT2D eigenvalue weighted by atomic mass is 10.1. The zero-order valence-electron chi connectivity index (χ0n) is 13.0. The summed E-state index contributed by atoms with van der Waals surface area (Å²) in [7, 11) is 1.70. The maximum atomic E-state index is 6.04. The average molecular weight is 350 g/mol. The van der Waals surface area contributed by atoms with Gasteiger partial charge in [-0.25, -0.2) is 0 Å². The van der Waals surface area contributed by atoms with E-state index in [0.717, 1.165) is 35.4 Å². The quantitative estimate of drug-likeness (QED) is 0.821. The summed E-state index contributed by atoms with van der Waals surface area (Å²) in [6, 6.07) is 16.1. The van der Waals surface area contributed by atoms with Crippen molar-refractivity contribution >= 4 is 23.4 Å². The molecule has 1 unspecified atom stereocenters. The number of ether oxygens (including phenoxy) is 2. The number of para-hydroxylation sites is 1. The Morgan fingerprint density at radius 3 is 2.70 bits per heavy atom. The normalized spacial score (nSPS) is 19.3. The standard InChI is InChI=1S/C18H20ClNO2S/c1-21-15-4-2-3-5-17(15)23-18(16-12-20-10-11-22-16)13-6-8-14(19)9-7-13/h2-9,16,18,20H,10-12H2,1H3/t16?,18-/m1/s1. The number of nitrogens with one attached hydrogen (secondary N) is 1.